The first kappa shape index (κ1) is 26.4. The molecule has 0 aliphatic carbocycles. The Morgan fingerprint density at radius 1 is 1.00 bits per heavy atom. The van der Waals surface area contributed by atoms with Crippen LogP contribution in [0.15, 0.2) is 30.3 Å². The van der Waals surface area contributed by atoms with E-state index < -0.39 is 60.4 Å². The quantitative estimate of drug-likeness (QED) is 0.182. The number of carbonyl (C=O) groups excluding carboxylic acids is 5. The lowest BCUT2D eigenvalue weighted by molar-refractivity contribution is -0.162. The fraction of sp³-hybridized carbons (Fsp3) is 0.450. The maximum absolute atomic E-state index is 12.5. The topological polar surface area (TPSA) is 183 Å². The van der Waals surface area contributed by atoms with E-state index in [0.29, 0.717) is 5.56 Å². The van der Waals surface area contributed by atoms with Crippen LogP contribution in [0.2, 0.25) is 0 Å². The Morgan fingerprint density at radius 2 is 1.56 bits per heavy atom. The van der Waals surface area contributed by atoms with Gasteiger partial charge in [-0.2, -0.15) is 0 Å². The number of esters is 2. The second-order valence-electron chi connectivity index (χ2n) is 6.71. The number of ether oxygens (including phenoxy) is 3. The Labute approximate surface area is 184 Å². The molecule has 0 aromatic heterocycles. The van der Waals surface area contributed by atoms with Gasteiger partial charge in [0.05, 0.1) is 20.8 Å². The Morgan fingerprint density at radius 3 is 2.03 bits per heavy atom. The molecule has 12 heteroatoms. The largest absolute Gasteiger partial charge is 0.468 e. The normalized spacial score (nSPS) is 13.3. The van der Waals surface area contributed by atoms with Crippen molar-refractivity contribution in [1.29, 1.82) is 0 Å². The molecule has 0 aliphatic rings. The lowest BCUT2D eigenvalue weighted by Crippen LogP contribution is -2.58. The zero-order valence-electron chi connectivity index (χ0n) is 17.9. The molecule has 3 amide bonds. The molecule has 3 atom stereocenters. The molecular weight excluding hydrogens is 426 g/mol. The van der Waals surface area contributed by atoms with E-state index in [-0.39, 0.29) is 6.61 Å². The summed E-state index contributed by atoms with van der Waals surface area (Å²) in [6.07, 6.45) is -0.992. The van der Waals surface area contributed by atoms with E-state index in [9.17, 15) is 29.1 Å². The SMILES string of the molecule is COC(=O)C(C(=O)OC)[C@@H](C)[C@H](NC(=O)[C@H](CO)NC(=O)OCc1ccccc1)C(N)=O. The molecule has 32 heavy (non-hydrogen) atoms. The highest BCUT2D eigenvalue weighted by Gasteiger charge is 2.41. The number of aliphatic hydroxyl groups is 1. The van der Waals surface area contributed by atoms with Crippen LogP contribution in [0.5, 0.6) is 0 Å². The van der Waals surface area contributed by atoms with E-state index in [1.165, 1.54) is 6.92 Å². The first-order valence-electron chi connectivity index (χ1n) is 9.49. The number of amides is 3. The Kier molecular flexibility index (Phi) is 10.6. The second-order valence-corrected chi connectivity index (χ2v) is 6.71. The number of hydrogen-bond donors (Lipinski definition) is 4. The molecular formula is C20H27N3O9. The van der Waals surface area contributed by atoms with Crippen LogP contribution in [0, 0.1) is 11.8 Å². The second kappa shape index (κ2) is 12.9. The number of nitrogens with two attached hydrogens (primary N) is 1. The molecule has 0 radical (unpaired) electrons. The van der Waals surface area contributed by atoms with Gasteiger partial charge in [-0.1, -0.05) is 37.3 Å². The third-order valence-corrected chi connectivity index (χ3v) is 4.57. The lowest BCUT2D eigenvalue weighted by Gasteiger charge is -2.28. The van der Waals surface area contributed by atoms with Crippen LogP contribution < -0.4 is 16.4 Å². The van der Waals surface area contributed by atoms with Crippen LogP contribution in [0.4, 0.5) is 4.79 Å². The summed E-state index contributed by atoms with van der Waals surface area (Å²) in [4.78, 5) is 60.4. The monoisotopic (exact) mass is 453 g/mol. The molecule has 5 N–H and O–H groups in total. The van der Waals surface area contributed by atoms with Crippen LogP contribution in [-0.4, -0.2) is 67.9 Å². The van der Waals surface area contributed by atoms with E-state index in [2.05, 4.69) is 20.1 Å². The number of nitrogens with one attached hydrogen (secondary N) is 2. The summed E-state index contributed by atoms with van der Waals surface area (Å²) in [6.45, 7) is 0.403. The number of methoxy groups -OCH3 is 2. The van der Waals surface area contributed by atoms with Crippen molar-refractivity contribution in [2.75, 3.05) is 20.8 Å². The van der Waals surface area contributed by atoms with Gasteiger partial charge >= 0.3 is 18.0 Å². The number of hydrogen-bond acceptors (Lipinski definition) is 9. The molecule has 176 valence electrons. The number of benzene rings is 1. The van der Waals surface area contributed by atoms with Crippen molar-refractivity contribution in [3.05, 3.63) is 35.9 Å². The highest BCUT2D eigenvalue weighted by Crippen LogP contribution is 2.19. The molecule has 1 aromatic carbocycles. The minimum atomic E-state index is -1.56. The van der Waals surface area contributed by atoms with Crippen molar-refractivity contribution in [2.24, 2.45) is 17.6 Å². The van der Waals surface area contributed by atoms with E-state index in [1.807, 2.05) is 0 Å². The first-order valence-corrected chi connectivity index (χ1v) is 9.49. The molecule has 1 rings (SSSR count). The van der Waals surface area contributed by atoms with Crippen molar-refractivity contribution in [2.45, 2.75) is 25.6 Å². The van der Waals surface area contributed by atoms with Crippen molar-refractivity contribution < 1.29 is 43.3 Å². The van der Waals surface area contributed by atoms with Crippen LogP contribution in [0.25, 0.3) is 0 Å². The van der Waals surface area contributed by atoms with E-state index in [4.69, 9.17) is 10.5 Å². The van der Waals surface area contributed by atoms with Crippen LogP contribution in [0.3, 0.4) is 0 Å². The average molecular weight is 453 g/mol. The Hall–Kier alpha value is -3.67. The summed E-state index contributed by atoms with van der Waals surface area (Å²) in [5, 5.41) is 13.9. The van der Waals surface area contributed by atoms with Crippen LogP contribution in [-0.2, 0) is 40.0 Å². The predicted molar refractivity (Wildman–Crippen MR) is 108 cm³/mol. The number of primary amides is 1. The zero-order valence-corrected chi connectivity index (χ0v) is 17.9. The van der Waals surface area contributed by atoms with Crippen molar-refractivity contribution >= 4 is 29.8 Å². The maximum atomic E-state index is 12.5. The minimum absolute atomic E-state index is 0.0761. The smallest absolute Gasteiger partial charge is 0.408 e. The molecule has 0 saturated heterocycles. The molecule has 0 saturated carbocycles. The van der Waals surface area contributed by atoms with E-state index in [1.54, 1.807) is 30.3 Å². The van der Waals surface area contributed by atoms with Gasteiger partial charge in [-0.25, -0.2) is 4.79 Å². The summed E-state index contributed by atoms with van der Waals surface area (Å²) in [5.41, 5.74) is 6.03. The van der Waals surface area contributed by atoms with Crippen molar-refractivity contribution in [3.8, 4) is 0 Å². The minimum Gasteiger partial charge on any atom is -0.468 e. The van der Waals surface area contributed by atoms with Gasteiger partial charge in [0, 0.05) is 5.92 Å². The van der Waals surface area contributed by atoms with Gasteiger partial charge in [0.25, 0.3) is 0 Å². The zero-order chi connectivity index (χ0) is 24.3. The number of alkyl carbamates (subject to hydrolysis) is 1. The van der Waals surface area contributed by atoms with Crippen molar-refractivity contribution in [3.63, 3.8) is 0 Å². The lowest BCUT2D eigenvalue weighted by atomic mass is 9.86. The standard InChI is InChI=1S/C20H27N3O9/c1-11(14(18(27)30-2)19(28)31-3)15(16(21)25)23-17(26)13(9-24)22-20(29)32-10-12-7-5-4-6-8-12/h4-8,11,13-15,24H,9-10H2,1-3H3,(H2,21,25)(H,22,29)(H,23,26)/t11-,13+,15+/m1/s1. The summed E-state index contributed by atoms with van der Waals surface area (Å²) in [5.74, 6) is -6.77. The highest BCUT2D eigenvalue weighted by atomic mass is 16.6. The third-order valence-electron chi connectivity index (χ3n) is 4.57. The van der Waals surface area contributed by atoms with E-state index >= 15 is 0 Å². The van der Waals surface area contributed by atoms with Gasteiger partial charge in [-0.15, -0.1) is 0 Å². The Bertz CT molecular complexity index is 800. The molecule has 12 nitrogen and oxygen atoms in total. The third kappa shape index (κ3) is 7.54. The van der Waals surface area contributed by atoms with Gasteiger partial charge in [0.2, 0.25) is 11.8 Å². The average Bonchev–Trinajstić information content (AvgIpc) is 2.79. The van der Waals surface area contributed by atoms with Gasteiger partial charge in [-0.3, -0.25) is 19.2 Å². The first-order chi connectivity index (χ1) is 15.2. The molecule has 0 spiro atoms. The molecule has 1 aromatic rings. The predicted octanol–water partition coefficient (Wildman–Crippen LogP) is -1.16. The van der Waals surface area contributed by atoms with Gasteiger partial charge < -0.3 is 35.7 Å². The number of carbonyl (C=O) groups is 5. The summed E-state index contributed by atoms with van der Waals surface area (Å²) < 4.78 is 14.1. The summed E-state index contributed by atoms with van der Waals surface area (Å²) in [6, 6.07) is 5.71. The van der Waals surface area contributed by atoms with Crippen LogP contribution >= 0.6 is 0 Å². The fourth-order valence-corrected chi connectivity index (χ4v) is 2.79. The number of rotatable bonds is 11. The van der Waals surface area contributed by atoms with E-state index in [0.717, 1.165) is 14.2 Å². The molecule has 0 fully saturated rings. The Balaban J connectivity index is 2.85. The van der Waals surface area contributed by atoms with Crippen LogP contribution in [0.1, 0.15) is 12.5 Å². The van der Waals surface area contributed by atoms with Gasteiger partial charge in [0.15, 0.2) is 5.92 Å². The molecule has 0 unspecified atom stereocenters. The van der Waals surface area contributed by atoms with Crippen molar-refractivity contribution in [1.82, 2.24) is 10.6 Å². The summed E-state index contributed by atoms with van der Waals surface area (Å²) in [7, 11) is 2.07. The molecule has 0 bridgehead atoms. The molecule has 0 aliphatic heterocycles. The number of aliphatic hydroxyl groups excluding tert-OH is 1. The summed E-state index contributed by atoms with van der Waals surface area (Å²) >= 11 is 0. The fourth-order valence-electron chi connectivity index (χ4n) is 2.79. The molecule has 0 heterocycles. The van der Waals surface area contributed by atoms with Gasteiger partial charge in [-0.05, 0) is 5.56 Å². The maximum Gasteiger partial charge on any atom is 0.408 e. The highest BCUT2D eigenvalue weighted by molar-refractivity contribution is 5.97. The van der Waals surface area contributed by atoms with Gasteiger partial charge in [0.1, 0.15) is 18.7 Å².